The Hall–Kier alpha value is -2.82. The van der Waals surface area contributed by atoms with Crippen LogP contribution < -0.4 is 5.32 Å². The van der Waals surface area contributed by atoms with Gasteiger partial charge in [0.1, 0.15) is 5.70 Å². The average Bonchev–Trinajstić information content (AvgIpc) is 2.97. The van der Waals surface area contributed by atoms with Crippen molar-refractivity contribution in [3.8, 4) is 5.69 Å². The highest BCUT2D eigenvalue weighted by Crippen LogP contribution is 2.24. The molecule has 1 saturated heterocycles. The molecular weight excluding hydrogens is 302 g/mol. The molecule has 3 rings (SSSR count). The number of likely N-dealkylation sites (N-methyl/N-ethyl adjacent to an activating group) is 1. The van der Waals surface area contributed by atoms with E-state index in [9.17, 15) is 9.59 Å². The average molecular weight is 323 g/mol. The third-order valence-corrected chi connectivity index (χ3v) is 4.34. The number of amides is 3. The third-order valence-electron chi connectivity index (χ3n) is 4.34. The molecule has 0 bridgehead atoms. The van der Waals surface area contributed by atoms with Crippen molar-refractivity contribution >= 4 is 18.0 Å². The van der Waals surface area contributed by atoms with E-state index < -0.39 is 0 Å². The Morgan fingerprint density at radius 1 is 1.08 bits per heavy atom. The number of imide groups is 1. The van der Waals surface area contributed by atoms with Crippen LogP contribution in [0.25, 0.3) is 11.8 Å². The van der Waals surface area contributed by atoms with Crippen LogP contribution in [0, 0.1) is 20.8 Å². The van der Waals surface area contributed by atoms with Gasteiger partial charge in [0.05, 0.1) is 0 Å². The number of hydrogen-bond donors (Lipinski definition) is 1. The van der Waals surface area contributed by atoms with E-state index in [1.165, 1.54) is 10.5 Å². The molecule has 24 heavy (non-hydrogen) atoms. The van der Waals surface area contributed by atoms with Gasteiger partial charge in [0.15, 0.2) is 0 Å². The Balaban J connectivity index is 2.01. The summed E-state index contributed by atoms with van der Waals surface area (Å²) >= 11 is 0. The molecule has 2 heterocycles. The summed E-state index contributed by atoms with van der Waals surface area (Å²) in [6, 6.07) is 9.97. The van der Waals surface area contributed by atoms with Crippen LogP contribution in [0.2, 0.25) is 0 Å². The van der Waals surface area contributed by atoms with E-state index in [4.69, 9.17) is 0 Å². The van der Waals surface area contributed by atoms with Crippen molar-refractivity contribution in [3.63, 3.8) is 0 Å². The van der Waals surface area contributed by atoms with Crippen LogP contribution in [0.3, 0.4) is 0 Å². The van der Waals surface area contributed by atoms with Crippen molar-refractivity contribution in [3.05, 3.63) is 58.5 Å². The molecule has 5 nitrogen and oxygen atoms in total. The lowest BCUT2D eigenvalue weighted by Gasteiger charge is -2.10. The van der Waals surface area contributed by atoms with Gasteiger partial charge in [-0.1, -0.05) is 17.7 Å². The molecule has 1 aromatic heterocycles. The largest absolute Gasteiger partial charge is 0.328 e. The highest BCUT2D eigenvalue weighted by atomic mass is 16.2. The number of nitrogens with one attached hydrogen (secondary N) is 1. The Kier molecular flexibility index (Phi) is 4.01. The zero-order valence-corrected chi connectivity index (χ0v) is 14.4. The molecular formula is C19H21N3O2. The topological polar surface area (TPSA) is 54.3 Å². The van der Waals surface area contributed by atoms with Crippen LogP contribution >= 0.6 is 0 Å². The molecule has 1 aliphatic heterocycles. The van der Waals surface area contributed by atoms with Crippen LogP contribution in [-0.4, -0.2) is 28.0 Å². The Morgan fingerprint density at radius 3 is 2.33 bits per heavy atom. The quantitative estimate of drug-likeness (QED) is 0.696. The second-order valence-corrected chi connectivity index (χ2v) is 6.04. The predicted molar refractivity (Wildman–Crippen MR) is 93.9 cm³/mol. The molecule has 0 saturated carbocycles. The highest BCUT2D eigenvalue weighted by molar-refractivity contribution is 6.14. The number of urea groups is 1. The minimum absolute atomic E-state index is 0.275. The third kappa shape index (κ3) is 2.62. The Bertz CT molecular complexity index is 844. The molecule has 2 aromatic rings. The number of aryl methyl sites for hydroxylation is 2. The smallest absolute Gasteiger partial charge is 0.318 e. The maximum absolute atomic E-state index is 12.2. The molecule has 124 valence electrons. The molecule has 0 unspecified atom stereocenters. The zero-order chi connectivity index (χ0) is 17.4. The molecule has 1 fully saturated rings. The van der Waals surface area contributed by atoms with Gasteiger partial charge in [-0.15, -0.1) is 0 Å². The second kappa shape index (κ2) is 6.00. The van der Waals surface area contributed by atoms with Crippen molar-refractivity contribution in [1.82, 2.24) is 14.8 Å². The molecule has 1 aliphatic rings. The molecule has 3 amide bonds. The van der Waals surface area contributed by atoms with Crippen molar-refractivity contribution in [2.45, 2.75) is 27.7 Å². The van der Waals surface area contributed by atoms with Crippen LogP contribution in [0.1, 0.15) is 29.4 Å². The first-order chi connectivity index (χ1) is 11.4. The lowest BCUT2D eigenvalue weighted by atomic mass is 10.2. The minimum Gasteiger partial charge on any atom is -0.318 e. The van der Waals surface area contributed by atoms with Gasteiger partial charge in [-0.25, -0.2) is 4.79 Å². The number of aromatic nitrogens is 1. The number of hydrogen-bond acceptors (Lipinski definition) is 2. The number of carbonyl (C=O) groups excluding carboxylic acids is 2. The number of rotatable bonds is 3. The van der Waals surface area contributed by atoms with Crippen molar-refractivity contribution in [1.29, 1.82) is 0 Å². The van der Waals surface area contributed by atoms with E-state index in [1.54, 1.807) is 13.0 Å². The summed E-state index contributed by atoms with van der Waals surface area (Å²) in [5.74, 6) is -0.275. The standard InChI is InChI=1S/C19H21N3O2/c1-5-21-18(23)17(20-19(21)24)11-15-10-13(3)22(14(15)4)16-8-6-12(2)7-9-16/h6-11H,5H2,1-4H3,(H,20,24). The SMILES string of the molecule is CCN1C(=O)NC(=Cc2cc(C)n(-c3ccc(C)cc3)c2C)C1=O. The maximum atomic E-state index is 12.2. The first-order valence-electron chi connectivity index (χ1n) is 8.03. The van der Waals surface area contributed by atoms with Gasteiger partial charge >= 0.3 is 6.03 Å². The maximum Gasteiger partial charge on any atom is 0.328 e. The predicted octanol–water partition coefficient (Wildman–Crippen LogP) is 3.32. The molecule has 1 N–H and O–H groups in total. The lowest BCUT2D eigenvalue weighted by molar-refractivity contribution is -0.122. The summed E-state index contributed by atoms with van der Waals surface area (Å²) in [5, 5.41) is 2.65. The molecule has 1 aromatic carbocycles. The zero-order valence-electron chi connectivity index (χ0n) is 14.4. The molecule has 0 aliphatic carbocycles. The minimum atomic E-state index is -0.360. The Morgan fingerprint density at radius 2 is 1.75 bits per heavy atom. The summed E-state index contributed by atoms with van der Waals surface area (Å²) in [7, 11) is 0. The molecule has 5 heteroatoms. The summed E-state index contributed by atoms with van der Waals surface area (Å²) in [6.07, 6.45) is 1.75. The van der Waals surface area contributed by atoms with Gasteiger partial charge in [-0.3, -0.25) is 9.69 Å². The summed E-state index contributed by atoms with van der Waals surface area (Å²) in [5.41, 5.74) is 5.65. The summed E-state index contributed by atoms with van der Waals surface area (Å²) < 4.78 is 2.14. The second-order valence-electron chi connectivity index (χ2n) is 6.04. The fourth-order valence-electron chi connectivity index (χ4n) is 3.04. The van der Waals surface area contributed by atoms with Gasteiger partial charge in [0.2, 0.25) is 0 Å². The van der Waals surface area contributed by atoms with E-state index in [1.807, 2.05) is 19.9 Å². The monoisotopic (exact) mass is 323 g/mol. The van der Waals surface area contributed by atoms with Crippen molar-refractivity contribution < 1.29 is 9.59 Å². The van der Waals surface area contributed by atoms with Gasteiger partial charge in [0, 0.05) is 23.6 Å². The molecule has 0 atom stereocenters. The fraction of sp³-hybridized carbons (Fsp3) is 0.263. The lowest BCUT2D eigenvalue weighted by Crippen LogP contribution is -2.30. The first-order valence-corrected chi connectivity index (χ1v) is 8.03. The van der Waals surface area contributed by atoms with E-state index >= 15 is 0 Å². The van der Waals surface area contributed by atoms with Gasteiger partial charge in [-0.05, 0) is 57.5 Å². The number of nitrogens with zero attached hydrogens (tertiary/aromatic N) is 2. The van der Waals surface area contributed by atoms with Gasteiger partial charge in [0.25, 0.3) is 5.91 Å². The highest BCUT2D eigenvalue weighted by Gasteiger charge is 2.32. The van der Waals surface area contributed by atoms with E-state index in [-0.39, 0.29) is 11.9 Å². The molecule has 0 spiro atoms. The fourth-order valence-corrected chi connectivity index (χ4v) is 3.04. The van der Waals surface area contributed by atoms with Crippen LogP contribution in [0.4, 0.5) is 4.79 Å². The van der Waals surface area contributed by atoms with Crippen molar-refractivity contribution in [2.75, 3.05) is 6.54 Å². The van der Waals surface area contributed by atoms with E-state index in [0.29, 0.717) is 12.2 Å². The van der Waals surface area contributed by atoms with Gasteiger partial charge in [-0.2, -0.15) is 0 Å². The number of carbonyl (C=O) groups is 2. The van der Waals surface area contributed by atoms with E-state index in [2.05, 4.69) is 41.1 Å². The number of benzene rings is 1. The van der Waals surface area contributed by atoms with Crippen LogP contribution in [0.15, 0.2) is 36.0 Å². The van der Waals surface area contributed by atoms with Crippen LogP contribution in [0.5, 0.6) is 0 Å². The first kappa shape index (κ1) is 16.1. The normalized spacial score (nSPS) is 16.2. The van der Waals surface area contributed by atoms with E-state index in [0.717, 1.165) is 22.6 Å². The Labute approximate surface area is 141 Å². The van der Waals surface area contributed by atoms with Crippen LogP contribution in [-0.2, 0) is 4.79 Å². The summed E-state index contributed by atoms with van der Waals surface area (Å²) in [4.78, 5) is 25.2. The van der Waals surface area contributed by atoms with Crippen molar-refractivity contribution in [2.24, 2.45) is 0 Å². The summed E-state index contributed by atoms with van der Waals surface area (Å²) in [6.45, 7) is 8.25. The molecule has 0 radical (unpaired) electrons. The van der Waals surface area contributed by atoms with Gasteiger partial charge < -0.3 is 9.88 Å².